The quantitative estimate of drug-likeness (QED) is 0.225. The van der Waals surface area contributed by atoms with Crippen molar-refractivity contribution in [2.45, 2.75) is 117 Å². The van der Waals surface area contributed by atoms with Gasteiger partial charge in [0.05, 0.1) is 12.6 Å². The van der Waals surface area contributed by atoms with Crippen LogP contribution in [0.15, 0.2) is 12.2 Å². The van der Waals surface area contributed by atoms with Gasteiger partial charge in [0.2, 0.25) is 5.91 Å². The molecular formula is C23H45NO2. The fourth-order valence-corrected chi connectivity index (χ4v) is 3.06. The van der Waals surface area contributed by atoms with E-state index in [-0.39, 0.29) is 24.5 Å². The predicted octanol–water partition coefficient (Wildman–Crippen LogP) is 6.16. The molecule has 26 heavy (non-hydrogen) atoms. The van der Waals surface area contributed by atoms with Gasteiger partial charge in [-0.3, -0.25) is 4.79 Å². The van der Waals surface area contributed by atoms with Crippen LogP contribution in [-0.2, 0) is 4.79 Å². The van der Waals surface area contributed by atoms with Gasteiger partial charge in [-0.25, -0.2) is 0 Å². The van der Waals surface area contributed by atoms with Crippen molar-refractivity contribution in [2.75, 3.05) is 6.61 Å². The second-order valence-electron chi connectivity index (χ2n) is 7.93. The lowest BCUT2D eigenvalue weighted by molar-refractivity contribution is -0.122. The Bertz CT molecular complexity index is 339. The van der Waals surface area contributed by atoms with E-state index in [1.807, 2.05) is 13.8 Å². The second-order valence-corrected chi connectivity index (χ2v) is 7.93. The zero-order chi connectivity index (χ0) is 19.5. The fraction of sp³-hybridized carbons (Fsp3) is 0.870. The molecule has 1 atom stereocenters. The molecule has 0 aromatic heterocycles. The lowest BCUT2D eigenvalue weighted by Gasteiger charge is -2.19. The average Bonchev–Trinajstić information content (AvgIpc) is 2.62. The summed E-state index contributed by atoms with van der Waals surface area (Å²) in [6.45, 7) is 6.32. The molecule has 3 nitrogen and oxygen atoms in total. The third kappa shape index (κ3) is 16.6. The van der Waals surface area contributed by atoms with Gasteiger partial charge in [0.15, 0.2) is 0 Å². The van der Waals surface area contributed by atoms with Gasteiger partial charge in [0.25, 0.3) is 0 Å². The van der Waals surface area contributed by atoms with Crippen LogP contribution in [-0.4, -0.2) is 23.7 Å². The number of allylic oxidation sites excluding steroid dienone is 2. The summed E-state index contributed by atoms with van der Waals surface area (Å²) in [6.07, 6.45) is 21.8. The third-order valence-corrected chi connectivity index (χ3v) is 5.01. The Morgan fingerprint density at radius 2 is 1.35 bits per heavy atom. The zero-order valence-corrected chi connectivity index (χ0v) is 17.8. The number of aliphatic hydroxyl groups is 1. The molecule has 0 heterocycles. The van der Waals surface area contributed by atoms with Gasteiger partial charge >= 0.3 is 0 Å². The molecule has 0 saturated heterocycles. The molecule has 0 saturated carbocycles. The van der Waals surface area contributed by atoms with Crippen LogP contribution in [0.3, 0.4) is 0 Å². The van der Waals surface area contributed by atoms with E-state index >= 15 is 0 Å². The molecule has 0 radical (unpaired) electrons. The molecule has 0 bridgehead atoms. The van der Waals surface area contributed by atoms with E-state index in [0.29, 0.717) is 6.42 Å². The van der Waals surface area contributed by atoms with Crippen LogP contribution in [0.25, 0.3) is 0 Å². The van der Waals surface area contributed by atoms with Crippen LogP contribution in [0.5, 0.6) is 0 Å². The second kappa shape index (κ2) is 18.9. The largest absolute Gasteiger partial charge is 0.394 e. The van der Waals surface area contributed by atoms with Crippen molar-refractivity contribution in [2.24, 2.45) is 5.92 Å². The Morgan fingerprint density at radius 1 is 0.846 bits per heavy atom. The minimum atomic E-state index is -0.106. The zero-order valence-electron chi connectivity index (χ0n) is 17.8. The Hall–Kier alpha value is -0.830. The van der Waals surface area contributed by atoms with Crippen molar-refractivity contribution in [3.05, 3.63) is 12.2 Å². The molecule has 0 rings (SSSR count). The topological polar surface area (TPSA) is 49.3 Å². The maximum absolute atomic E-state index is 11.8. The van der Waals surface area contributed by atoms with Crippen LogP contribution in [0.1, 0.15) is 111 Å². The molecule has 154 valence electrons. The van der Waals surface area contributed by atoms with Gasteiger partial charge in [-0.05, 0) is 38.0 Å². The van der Waals surface area contributed by atoms with Gasteiger partial charge in [0, 0.05) is 6.42 Å². The first-order valence-corrected chi connectivity index (χ1v) is 11.2. The van der Waals surface area contributed by atoms with Gasteiger partial charge < -0.3 is 10.4 Å². The Morgan fingerprint density at radius 3 is 1.85 bits per heavy atom. The summed E-state index contributed by atoms with van der Waals surface area (Å²) in [6, 6.07) is -0.106. The summed E-state index contributed by atoms with van der Waals surface area (Å²) < 4.78 is 0. The predicted molar refractivity (Wildman–Crippen MR) is 113 cm³/mol. The van der Waals surface area contributed by atoms with E-state index in [2.05, 4.69) is 24.4 Å². The molecule has 0 aromatic rings. The van der Waals surface area contributed by atoms with Crippen molar-refractivity contribution in [1.82, 2.24) is 5.32 Å². The maximum Gasteiger partial charge on any atom is 0.220 e. The van der Waals surface area contributed by atoms with Crippen LogP contribution < -0.4 is 5.32 Å². The van der Waals surface area contributed by atoms with Crippen molar-refractivity contribution >= 4 is 5.91 Å². The van der Waals surface area contributed by atoms with Gasteiger partial charge in [0.1, 0.15) is 0 Å². The number of unbranched alkanes of at least 4 members (excludes halogenated alkanes) is 11. The lowest BCUT2D eigenvalue weighted by atomic mass is 10.0. The SMILES string of the molecule is CCCCCCCC/C=C/CCCCCCCC(=O)N[C@@H](CO)C(C)C. The van der Waals surface area contributed by atoms with Crippen molar-refractivity contribution < 1.29 is 9.90 Å². The van der Waals surface area contributed by atoms with Crippen molar-refractivity contribution in [3.8, 4) is 0 Å². The van der Waals surface area contributed by atoms with E-state index < -0.39 is 0 Å². The van der Waals surface area contributed by atoms with E-state index in [4.69, 9.17) is 0 Å². The van der Waals surface area contributed by atoms with Crippen molar-refractivity contribution in [1.29, 1.82) is 0 Å². The molecule has 0 spiro atoms. The van der Waals surface area contributed by atoms with Crippen LogP contribution in [0, 0.1) is 5.92 Å². The molecule has 0 aliphatic heterocycles. The number of nitrogens with one attached hydrogen (secondary N) is 1. The normalized spacial score (nSPS) is 12.8. The van der Waals surface area contributed by atoms with Crippen molar-refractivity contribution in [3.63, 3.8) is 0 Å². The number of carbonyl (C=O) groups is 1. The Balaban J connectivity index is 3.35. The first-order valence-electron chi connectivity index (χ1n) is 11.2. The first-order chi connectivity index (χ1) is 12.6. The number of carbonyl (C=O) groups excluding carboxylic acids is 1. The van der Waals surface area contributed by atoms with E-state index in [0.717, 1.165) is 12.8 Å². The van der Waals surface area contributed by atoms with E-state index in [1.165, 1.54) is 70.6 Å². The van der Waals surface area contributed by atoms with Crippen LogP contribution in [0.2, 0.25) is 0 Å². The molecule has 3 heteroatoms. The van der Waals surface area contributed by atoms with Gasteiger partial charge in [-0.1, -0.05) is 84.3 Å². The first kappa shape index (κ1) is 25.2. The summed E-state index contributed by atoms with van der Waals surface area (Å²) in [4.78, 5) is 11.8. The molecule has 0 aromatic carbocycles. The molecule has 0 aliphatic rings. The maximum atomic E-state index is 11.8. The smallest absolute Gasteiger partial charge is 0.220 e. The molecule has 1 amide bonds. The van der Waals surface area contributed by atoms with E-state index in [1.54, 1.807) is 0 Å². The highest BCUT2D eigenvalue weighted by molar-refractivity contribution is 5.76. The number of hydrogen-bond donors (Lipinski definition) is 2. The molecule has 0 fully saturated rings. The standard InChI is InChI=1S/C23H45NO2/c1-4-5-6-7-8-9-10-11-12-13-14-15-16-17-18-19-23(26)24-22(20-25)21(2)3/h11-12,21-22,25H,4-10,13-20H2,1-3H3,(H,24,26)/b12-11+/t22-/m0/s1. The minimum Gasteiger partial charge on any atom is -0.394 e. The highest BCUT2D eigenvalue weighted by atomic mass is 16.3. The summed E-state index contributed by atoms with van der Waals surface area (Å²) in [5.74, 6) is 0.355. The fourth-order valence-electron chi connectivity index (χ4n) is 3.06. The molecule has 0 aliphatic carbocycles. The Kier molecular flexibility index (Phi) is 18.3. The number of rotatable bonds is 18. The monoisotopic (exact) mass is 367 g/mol. The summed E-state index contributed by atoms with van der Waals surface area (Å²) >= 11 is 0. The minimum absolute atomic E-state index is 0.0236. The van der Waals surface area contributed by atoms with E-state index in [9.17, 15) is 9.90 Å². The summed E-state index contributed by atoms with van der Waals surface area (Å²) in [7, 11) is 0. The van der Waals surface area contributed by atoms with Crippen LogP contribution in [0.4, 0.5) is 0 Å². The van der Waals surface area contributed by atoms with Gasteiger partial charge in [-0.2, -0.15) is 0 Å². The summed E-state index contributed by atoms with van der Waals surface area (Å²) in [5, 5.41) is 12.1. The lowest BCUT2D eigenvalue weighted by Crippen LogP contribution is -2.41. The number of aliphatic hydroxyl groups excluding tert-OH is 1. The van der Waals surface area contributed by atoms with Crippen LogP contribution >= 0.6 is 0 Å². The number of hydrogen-bond acceptors (Lipinski definition) is 2. The molecule has 0 unspecified atom stereocenters. The molecular weight excluding hydrogens is 322 g/mol. The average molecular weight is 368 g/mol. The number of amides is 1. The highest BCUT2D eigenvalue weighted by Gasteiger charge is 2.14. The molecule has 2 N–H and O–H groups in total. The summed E-state index contributed by atoms with van der Waals surface area (Å²) in [5.41, 5.74) is 0. The Labute approximate surface area is 163 Å². The van der Waals surface area contributed by atoms with Gasteiger partial charge in [-0.15, -0.1) is 0 Å². The third-order valence-electron chi connectivity index (χ3n) is 5.01. The highest BCUT2D eigenvalue weighted by Crippen LogP contribution is 2.10.